The van der Waals surface area contributed by atoms with Crippen LogP contribution in [0.15, 0.2) is 12.1 Å². The highest BCUT2D eigenvalue weighted by Crippen LogP contribution is 2.34. The van der Waals surface area contributed by atoms with Gasteiger partial charge in [0, 0.05) is 7.11 Å². The number of methoxy groups -OCH3 is 1. The number of nitrogens with one attached hydrogen (secondary N) is 1. The Morgan fingerprint density at radius 3 is 2.44 bits per heavy atom. The largest absolute Gasteiger partial charge is 0.379 e. The molecule has 0 radical (unpaired) electrons. The number of hydrogen-bond acceptors (Lipinski definition) is 2. The van der Waals surface area contributed by atoms with Crippen LogP contribution in [0.25, 0.3) is 0 Å². The fourth-order valence-corrected chi connectivity index (χ4v) is 2.98. The predicted molar refractivity (Wildman–Crippen MR) is 73.1 cm³/mol. The molecule has 1 aromatic rings. The second-order valence-electron chi connectivity index (χ2n) is 4.55. The molecular weight excluding hydrogens is 276 g/mol. The van der Waals surface area contributed by atoms with Crippen molar-refractivity contribution in [3.8, 4) is 0 Å². The zero-order valence-electron chi connectivity index (χ0n) is 10.2. The van der Waals surface area contributed by atoms with Crippen LogP contribution >= 0.6 is 23.2 Å². The van der Waals surface area contributed by atoms with E-state index in [4.69, 9.17) is 27.9 Å². The van der Waals surface area contributed by atoms with Crippen molar-refractivity contribution in [2.45, 2.75) is 37.8 Å². The van der Waals surface area contributed by atoms with Gasteiger partial charge in [-0.2, -0.15) is 0 Å². The summed E-state index contributed by atoms with van der Waals surface area (Å²) in [6.07, 6.45) is 4.48. The van der Waals surface area contributed by atoms with Gasteiger partial charge in [0.2, 0.25) is 0 Å². The maximum Gasteiger partial charge on any atom is 0.126 e. The van der Waals surface area contributed by atoms with Gasteiger partial charge in [-0.1, -0.05) is 36.0 Å². The lowest BCUT2D eigenvalue weighted by Crippen LogP contribution is -2.37. The molecule has 1 N–H and O–H groups in total. The summed E-state index contributed by atoms with van der Waals surface area (Å²) < 4.78 is 18.6. The van der Waals surface area contributed by atoms with Crippen LogP contribution in [0, 0.1) is 5.82 Å². The Balaban J connectivity index is 2.17. The molecule has 2 unspecified atom stereocenters. The molecule has 2 nitrogen and oxygen atoms in total. The van der Waals surface area contributed by atoms with E-state index < -0.39 is 5.82 Å². The van der Waals surface area contributed by atoms with E-state index in [2.05, 4.69) is 5.32 Å². The normalized spacial score (nSPS) is 24.0. The molecule has 2 atom stereocenters. The highest BCUT2D eigenvalue weighted by molar-refractivity contribution is 6.39. The molecule has 5 heteroatoms. The fourth-order valence-electron chi connectivity index (χ4n) is 2.41. The summed E-state index contributed by atoms with van der Waals surface area (Å²) in [5.74, 6) is -0.428. The van der Waals surface area contributed by atoms with E-state index in [1.807, 2.05) is 0 Å². The summed E-state index contributed by atoms with van der Waals surface area (Å²) in [4.78, 5) is 0. The van der Waals surface area contributed by atoms with Crippen molar-refractivity contribution in [3.63, 3.8) is 0 Å². The first-order chi connectivity index (χ1) is 8.61. The van der Waals surface area contributed by atoms with Crippen LogP contribution in [0.4, 0.5) is 10.1 Å². The van der Waals surface area contributed by atoms with E-state index in [9.17, 15) is 4.39 Å². The molecule has 0 saturated heterocycles. The topological polar surface area (TPSA) is 21.3 Å². The molecule has 2 rings (SSSR count). The standard InChI is InChI=1S/C13H16Cl2FNO/c1-18-12-5-3-2-4-11(12)17-13-9(14)6-8(16)7-10(13)15/h6-7,11-12,17H,2-5H2,1H3. The van der Waals surface area contributed by atoms with E-state index >= 15 is 0 Å². The Bertz CT molecular complexity index is 404. The summed E-state index contributed by atoms with van der Waals surface area (Å²) in [7, 11) is 1.71. The van der Waals surface area contributed by atoms with Gasteiger partial charge in [0.15, 0.2) is 0 Å². The van der Waals surface area contributed by atoms with E-state index in [1.54, 1.807) is 7.11 Å². The molecule has 1 aromatic carbocycles. The molecule has 1 aliphatic carbocycles. The van der Waals surface area contributed by atoms with Crippen LogP contribution in [0.2, 0.25) is 10.0 Å². The molecule has 0 aliphatic heterocycles. The van der Waals surface area contributed by atoms with Crippen LogP contribution in [-0.2, 0) is 4.74 Å². The molecule has 0 heterocycles. The molecule has 18 heavy (non-hydrogen) atoms. The predicted octanol–water partition coefficient (Wildman–Crippen LogP) is 4.50. The number of hydrogen-bond donors (Lipinski definition) is 1. The summed E-state index contributed by atoms with van der Waals surface area (Å²) in [6, 6.07) is 2.70. The van der Waals surface area contributed by atoms with Crippen molar-refractivity contribution in [1.82, 2.24) is 0 Å². The van der Waals surface area contributed by atoms with Gasteiger partial charge in [-0.25, -0.2) is 4.39 Å². The minimum absolute atomic E-state index is 0.149. The Kier molecular flexibility index (Phi) is 4.71. The second kappa shape index (κ2) is 6.09. The third kappa shape index (κ3) is 3.08. The number of ether oxygens (including phenoxy) is 1. The van der Waals surface area contributed by atoms with E-state index in [0.29, 0.717) is 15.7 Å². The summed E-state index contributed by atoms with van der Waals surface area (Å²) >= 11 is 12.0. The Hall–Kier alpha value is -0.510. The molecule has 0 spiro atoms. The lowest BCUT2D eigenvalue weighted by Gasteiger charge is -2.32. The highest BCUT2D eigenvalue weighted by Gasteiger charge is 2.26. The zero-order chi connectivity index (χ0) is 13.1. The van der Waals surface area contributed by atoms with Gasteiger partial charge in [-0.15, -0.1) is 0 Å². The maximum atomic E-state index is 13.1. The van der Waals surface area contributed by atoms with Crippen LogP contribution in [0.3, 0.4) is 0 Å². The first-order valence-corrected chi connectivity index (χ1v) is 6.81. The number of halogens is 3. The van der Waals surface area contributed by atoms with Crippen molar-refractivity contribution in [2.75, 3.05) is 12.4 Å². The van der Waals surface area contributed by atoms with Crippen molar-refractivity contribution < 1.29 is 9.13 Å². The first kappa shape index (κ1) is 13.9. The Labute approximate surface area is 116 Å². The molecule has 1 saturated carbocycles. The van der Waals surface area contributed by atoms with Gasteiger partial charge in [-0.05, 0) is 25.0 Å². The van der Waals surface area contributed by atoms with Crippen LogP contribution in [0.5, 0.6) is 0 Å². The number of rotatable bonds is 3. The van der Waals surface area contributed by atoms with Crippen LogP contribution in [-0.4, -0.2) is 19.3 Å². The van der Waals surface area contributed by atoms with E-state index in [0.717, 1.165) is 19.3 Å². The van der Waals surface area contributed by atoms with Crippen molar-refractivity contribution >= 4 is 28.9 Å². The van der Waals surface area contributed by atoms with Crippen LogP contribution < -0.4 is 5.32 Å². The average molecular weight is 292 g/mol. The van der Waals surface area contributed by atoms with Gasteiger partial charge in [-0.3, -0.25) is 0 Å². The lowest BCUT2D eigenvalue weighted by molar-refractivity contribution is 0.0606. The lowest BCUT2D eigenvalue weighted by atomic mass is 9.92. The summed E-state index contributed by atoms with van der Waals surface area (Å²) in [5.41, 5.74) is 0.591. The monoisotopic (exact) mass is 291 g/mol. The van der Waals surface area contributed by atoms with Crippen LogP contribution in [0.1, 0.15) is 25.7 Å². The van der Waals surface area contributed by atoms with Crippen molar-refractivity contribution in [2.24, 2.45) is 0 Å². The van der Waals surface area contributed by atoms with Gasteiger partial charge in [0.1, 0.15) is 5.82 Å². The van der Waals surface area contributed by atoms with Crippen molar-refractivity contribution in [3.05, 3.63) is 28.0 Å². The molecular formula is C13H16Cl2FNO. The molecule has 1 fully saturated rings. The Morgan fingerprint density at radius 1 is 1.22 bits per heavy atom. The third-order valence-corrected chi connectivity index (χ3v) is 3.94. The average Bonchev–Trinajstić information content (AvgIpc) is 2.34. The van der Waals surface area contributed by atoms with Gasteiger partial charge >= 0.3 is 0 Å². The first-order valence-electron chi connectivity index (χ1n) is 6.05. The van der Waals surface area contributed by atoms with E-state index in [1.165, 1.54) is 18.6 Å². The molecule has 0 amide bonds. The number of benzene rings is 1. The maximum absolute atomic E-state index is 13.1. The summed E-state index contributed by atoms with van der Waals surface area (Å²) in [5, 5.41) is 3.90. The quantitative estimate of drug-likeness (QED) is 0.885. The minimum atomic E-state index is -0.428. The van der Waals surface area contributed by atoms with Gasteiger partial charge in [0.25, 0.3) is 0 Å². The molecule has 1 aliphatic rings. The molecule has 0 bridgehead atoms. The SMILES string of the molecule is COC1CCCCC1Nc1c(Cl)cc(F)cc1Cl. The smallest absolute Gasteiger partial charge is 0.126 e. The molecule has 0 aromatic heterocycles. The van der Waals surface area contributed by atoms with Gasteiger partial charge < -0.3 is 10.1 Å². The van der Waals surface area contributed by atoms with Crippen molar-refractivity contribution in [1.29, 1.82) is 0 Å². The third-order valence-electron chi connectivity index (χ3n) is 3.34. The zero-order valence-corrected chi connectivity index (χ0v) is 11.7. The summed E-state index contributed by atoms with van der Waals surface area (Å²) in [6.45, 7) is 0. The second-order valence-corrected chi connectivity index (χ2v) is 5.37. The minimum Gasteiger partial charge on any atom is -0.379 e. The number of anilines is 1. The highest BCUT2D eigenvalue weighted by atomic mass is 35.5. The fraction of sp³-hybridized carbons (Fsp3) is 0.538. The van der Waals surface area contributed by atoms with E-state index in [-0.39, 0.29) is 12.1 Å². The Morgan fingerprint density at radius 2 is 1.83 bits per heavy atom. The van der Waals surface area contributed by atoms with Gasteiger partial charge in [0.05, 0.1) is 27.9 Å². The molecule has 100 valence electrons.